The molecule has 0 radical (unpaired) electrons. The molecule has 0 unspecified atom stereocenters. The highest BCUT2D eigenvalue weighted by Gasteiger charge is 2.35. The van der Waals surface area contributed by atoms with Gasteiger partial charge in [0.2, 0.25) is 0 Å². The number of nitrogens with one attached hydrogen (secondary N) is 1. The van der Waals surface area contributed by atoms with Crippen LogP contribution >= 0.6 is 46.4 Å². The van der Waals surface area contributed by atoms with Gasteiger partial charge < -0.3 is 4.90 Å². The van der Waals surface area contributed by atoms with Gasteiger partial charge in [0.15, 0.2) is 9.63 Å². The smallest absolute Gasteiger partial charge is 0.297 e. The second-order valence-corrected chi connectivity index (χ2v) is 10.3. The number of aliphatic imine (C=N–C) groups is 1. The molecule has 1 heterocycles. The van der Waals surface area contributed by atoms with Gasteiger partial charge in [-0.3, -0.25) is 15.0 Å². The van der Waals surface area contributed by atoms with Crippen LogP contribution in [-0.4, -0.2) is 45.9 Å². The summed E-state index contributed by atoms with van der Waals surface area (Å²) >= 11 is 23.3. The first kappa shape index (κ1) is 24.4. The Morgan fingerprint density at radius 3 is 2.31 bits per heavy atom. The molecule has 1 aliphatic heterocycles. The van der Waals surface area contributed by atoms with Crippen LogP contribution in [0.1, 0.15) is 17.5 Å². The zero-order chi connectivity index (χ0) is 23.5. The fourth-order valence-electron chi connectivity index (χ4n) is 2.90. The topological polar surface area (TPSA) is 65.0 Å². The summed E-state index contributed by atoms with van der Waals surface area (Å²) < 4.78 is -1.71. The molecule has 2 aromatic carbocycles. The van der Waals surface area contributed by atoms with E-state index in [0.29, 0.717) is 5.56 Å². The molecule has 32 heavy (non-hydrogen) atoms. The second-order valence-electron chi connectivity index (χ2n) is 7.22. The zero-order valence-electron chi connectivity index (χ0n) is 17.2. The molecular weight excluding hydrogens is 494 g/mol. The molecule has 0 bridgehead atoms. The van der Waals surface area contributed by atoms with Crippen LogP contribution in [0.3, 0.4) is 0 Å². The SMILES string of the molecule is CN(C)c1ccc(/C=C2\N=C(c3ccccc3)N(NC(=O)[C@H](Cl)CC(Cl)(Cl)Cl)C2=O)cc1. The predicted octanol–water partition coefficient (Wildman–Crippen LogP) is 4.78. The van der Waals surface area contributed by atoms with Crippen molar-refractivity contribution in [1.82, 2.24) is 10.4 Å². The average molecular weight is 514 g/mol. The number of carbonyl (C=O) groups is 2. The predicted molar refractivity (Wildman–Crippen MR) is 131 cm³/mol. The van der Waals surface area contributed by atoms with Crippen LogP contribution in [0.15, 0.2) is 65.3 Å². The van der Waals surface area contributed by atoms with Crippen LogP contribution in [0, 0.1) is 0 Å². The molecule has 2 amide bonds. The molecule has 0 saturated heterocycles. The summed E-state index contributed by atoms with van der Waals surface area (Å²) in [5.74, 6) is -0.934. The van der Waals surface area contributed by atoms with E-state index in [1.807, 2.05) is 49.3 Å². The number of anilines is 1. The van der Waals surface area contributed by atoms with Gasteiger partial charge >= 0.3 is 0 Å². The zero-order valence-corrected chi connectivity index (χ0v) is 20.3. The molecule has 0 spiro atoms. The first-order chi connectivity index (χ1) is 15.0. The number of hydrogen-bond acceptors (Lipinski definition) is 4. The minimum absolute atomic E-state index is 0.161. The van der Waals surface area contributed by atoms with Crippen molar-refractivity contribution in [2.24, 2.45) is 4.99 Å². The maximum atomic E-state index is 13.1. The maximum Gasteiger partial charge on any atom is 0.297 e. The summed E-state index contributed by atoms with van der Waals surface area (Å²) in [6.45, 7) is 0. The fraction of sp³-hybridized carbons (Fsp3) is 0.227. The average Bonchev–Trinajstić information content (AvgIpc) is 3.03. The first-order valence-electron chi connectivity index (χ1n) is 9.54. The Kier molecular flexibility index (Phi) is 7.72. The number of rotatable bonds is 6. The molecule has 10 heteroatoms. The quantitative estimate of drug-likeness (QED) is 0.446. The van der Waals surface area contributed by atoms with Gasteiger partial charge in [0.05, 0.1) is 0 Å². The number of alkyl halides is 4. The molecule has 1 aliphatic rings. The number of hydrazine groups is 1. The fourth-order valence-corrected chi connectivity index (χ4v) is 3.88. The van der Waals surface area contributed by atoms with E-state index in [9.17, 15) is 9.59 Å². The molecule has 0 fully saturated rings. The molecule has 2 aromatic rings. The highest BCUT2D eigenvalue weighted by Crippen LogP contribution is 2.33. The number of nitrogens with zero attached hydrogens (tertiary/aromatic N) is 3. The lowest BCUT2D eigenvalue weighted by atomic mass is 10.1. The Bertz CT molecular complexity index is 1050. The van der Waals surface area contributed by atoms with Crippen molar-refractivity contribution in [2.75, 3.05) is 19.0 Å². The summed E-state index contributed by atoms with van der Waals surface area (Å²) in [7, 11) is 3.88. The van der Waals surface area contributed by atoms with Crippen LogP contribution in [0.25, 0.3) is 6.08 Å². The largest absolute Gasteiger partial charge is 0.378 e. The minimum atomic E-state index is -1.71. The van der Waals surface area contributed by atoms with Gasteiger partial charge in [-0.25, -0.2) is 4.99 Å². The van der Waals surface area contributed by atoms with Gasteiger partial charge in [-0.2, -0.15) is 5.01 Å². The summed E-state index contributed by atoms with van der Waals surface area (Å²) in [5.41, 5.74) is 5.11. The molecule has 0 aromatic heterocycles. The number of amidine groups is 1. The van der Waals surface area contributed by atoms with Crippen LogP contribution < -0.4 is 10.3 Å². The highest BCUT2D eigenvalue weighted by molar-refractivity contribution is 6.67. The molecule has 6 nitrogen and oxygen atoms in total. The van der Waals surface area contributed by atoms with E-state index in [4.69, 9.17) is 46.4 Å². The van der Waals surface area contributed by atoms with E-state index in [1.54, 1.807) is 30.3 Å². The third-order valence-corrected chi connectivity index (χ3v) is 5.34. The van der Waals surface area contributed by atoms with Crippen molar-refractivity contribution in [3.8, 4) is 0 Å². The molecular formula is C22H20Cl4N4O2. The van der Waals surface area contributed by atoms with Crippen molar-refractivity contribution >= 4 is 75.8 Å². The molecule has 1 atom stereocenters. The van der Waals surface area contributed by atoms with E-state index in [0.717, 1.165) is 16.3 Å². The normalized spacial score (nSPS) is 16.2. The molecule has 0 saturated carbocycles. The van der Waals surface area contributed by atoms with Crippen molar-refractivity contribution < 1.29 is 9.59 Å². The second kappa shape index (κ2) is 10.1. The van der Waals surface area contributed by atoms with Gasteiger partial charge in [0.1, 0.15) is 11.1 Å². The number of benzene rings is 2. The first-order valence-corrected chi connectivity index (χ1v) is 11.1. The number of hydrogen-bond donors (Lipinski definition) is 1. The highest BCUT2D eigenvalue weighted by atomic mass is 35.6. The van der Waals surface area contributed by atoms with Crippen molar-refractivity contribution in [3.05, 3.63) is 71.4 Å². The van der Waals surface area contributed by atoms with Gasteiger partial charge in [0.25, 0.3) is 11.8 Å². The third kappa shape index (κ3) is 6.17. The van der Waals surface area contributed by atoms with E-state index >= 15 is 0 Å². The van der Waals surface area contributed by atoms with Crippen LogP contribution in [-0.2, 0) is 9.59 Å². The maximum absolute atomic E-state index is 13.1. The lowest BCUT2D eigenvalue weighted by molar-refractivity contribution is -0.133. The lowest BCUT2D eigenvalue weighted by Gasteiger charge is -2.22. The molecule has 3 rings (SSSR count). The summed E-state index contributed by atoms with van der Waals surface area (Å²) in [4.78, 5) is 32.1. The Labute approximate surface area is 206 Å². The minimum Gasteiger partial charge on any atom is -0.378 e. The van der Waals surface area contributed by atoms with E-state index in [2.05, 4.69) is 10.4 Å². The number of halogens is 4. The van der Waals surface area contributed by atoms with Gasteiger partial charge in [-0.1, -0.05) is 77.3 Å². The van der Waals surface area contributed by atoms with Gasteiger partial charge in [0, 0.05) is 31.8 Å². The van der Waals surface area contributed by atoms with Crippen LogP contribution in [0.5, 0.6) is 0 Å². The van der Waals surface area contributed by atoms with Crippen molar-refractivity contribution in [1.29, 1.82) is 0 Å². The molecule has 1 N–H and O–H groups in total. The third-order valence-electron chi connectivity index (χ3n) is 4.52. The van der Waals surface area contributed by atoms with Crippen LogP contribution in [0.2, 0.25) is 0 Å². The molecule has 168 valence electrons. The summed E-state index contributed by atoms with van der Waals surface area (Å²) in [6, 6.07) is 16.6. The number of carbonyl (C=O) groups excluding carboxylic acids is 2. The number of amides is 2. The standard InChI is InChI=1S/C22H20Cl4N4O2/c1-29(2)16-10-8-14(9-11-16)12-18-21(32)30(19(27-18)15-6-4-3-5-7-15)28-20(31)17(23)13-22(24,25)26/h3-12,17H,13H2,1-2H3,(H,28,31)/b18-12-/t17-/m1/s1. The lowest BCUT2D eigenvalue weighted by Crippen LogP contribution is -2.50. The van der Waals surface area contributed by atoms with Crippen molar-refractivity contribution in [2.45, 2.75) is 15.6 Å². The van der Waals surface area contributed by atoms with Gasteiger partial charge in [-0.05, 0) is 23.8 Å². The van der Waals surface area contributed by atoms with E-state index in [1.165, 1.54) is 0 Å². The summed E-state index contributed by atoms with van der Waals surface area (Å²) in [5, 5.41) is -0.107. The van der Waals surface area contributed by atoms with E-state index < -0.39 is 21.0 Å². The molecule has 0 aliphatic carbocycles. The van der Waals surface area contributed by atoms with Gasteiger partial charge in [-0.15, -0.1) is 11.6 Å². The Balaban J connectivity index is 1.90. The van der Waals surface area contributed by atoms with Crippen molar-refractivity contribution in [3.63, 3.8) is 0 Å². The van der Waals surface area contributed by atoms with Crippen LogP contribution in [0.4, 0.5) is 5.69 Å². The Morgan fingerprint density at radius 1 is 1.12 bits per heavy atom. The monoisotopic (exact) mass is 512 g/mol. The summed E-state index contributed by atoms with van der Waals surface area (Å²) in [6.07, 6.45) is 1.42. The van der Waals surface area contributed by atoms with E-state index in [-0.39, 0.29) is 18.0 Å². The Hall–Kier alpha value is -2.25. The Morgan fingerprint density at radius 2 is 1.75 bits per heavy atom.